The molecule has 2 rings (SSSR count). The van der Waals surface area contributed by atoms with Gasteiger partial charge in [0.2, 0.25) is 0 Å². The van der Waals surface area contributed by atoms with Crippen LogP contribution in [0.3, 0.4) is 0 Å². The molecule has 1 saturated heterocycles. The molecule has 1 aromatic rings. The van der Waals surface area contributed by atoms with Gasteiger partial charge < -0.3 is 15.0 Å². The molecule has 21 heavy (non-hydrogen) atoms. The van der Waals surface area contributed by atoms with Gasteiger partial charge in [0.25, 0.3) is 0 Å². The van der Waals surface area contributed by atoms with E-state index in [2.05, 4.69) is 10.2 Å². The van der Waals surface area contributed by atoms with Gasteiger partial charge in [-0.1, -0.05) is 0 Å². The molecule has 0 radical (unpaired) electrons. The first-order valence-corrected chi connectivity index (χ1v) is 7.30. The lowest BCUT2D eigenvalue weighted by atomic mass is 10.2. The minimum absolute atomic E-state index is 0.0109. The van der Waals surface area contributed by atoms with Crippen LogP contribution in [-0.2, 0) is 0 Å². The summed E-state index contributed by atoms with van der Waals surface area (Å²) in [7, 11) is 0. The van der Waals surface area contributed by atoms with Gasteiger partial charge in [-0.15, -0.1) is 0 Å². The summed E-state index contributed by atoms with van der Waals surface area (Å²) in [5, 5.41) is 3.35. The Hall–Kier alpha value is -1.43. The fourth-order valence-electron chi connectivity index (χ4n) is 2.32. The molecule has 0 unspecified atom stereocenters. The van der Waals surface area contributed by atoms with Gasteiger partial charge in [0.05, 0.1) is 6.61 Å². The Labute approximate surface area is 123 Å². The van der Waals surface area contributed by atoms with E-state index in [-0.39, 0.29) is 13.0 Å². The minimum atomic E-state index is -4.10. The Kier molecular flexibility index (Phi) is 5.73. The third-order valence-corrected chi connectivity index (χ3v) is 3.42. The second kappa shape index (κ2) is 7.54. The summed E-state index contributed by atoms with van der Waals surface area (Å²) in [6.45, 7) is 4.07. The van der Waals surface area contributed by atoms with Crippen LogP contribution < -0.4 is 15.0 Å². The van der Waals surface area contributed by atoms with Gasteiger partial charge >= 0.3 is 6.18 Å². The van der Waals surface area contributed by atoms with Gasteiger partial charge in [-0.05, 0) is 43.7 Å². The first-order valence-electron chi connectivity index (χ1n) is 7.30. The largest absolute Gasteiger partial charge is 0.494 e. The molecule has 0 atom stereocenters. The second-order valence-corrected chi connectivity index (χ2v) is 5.15. The van der Waals surface area contributed by atoms with Crippen molar-refractivity contribution < 1.29 is 17.9 Å². The maximum absolute atomic E-state index is 12.0. The van der Waals surface area contributed by atoms with Crippen LogP contribution in [0.2, 0.25) is 0 Å². The first kappa shape index (κ1) is 15.9. The Bertz CT molecular complexity index is 412. The SMILES string of the molecule is FC(F)(F)CCCOc1ccc(N2CCCNCC2)cc1. The number of rotatable bonds is 5. The lowest BCUT2D eigenvalue weighted by Crippen LogP contribution is -2.27. The fraction of sp³-hybridized carbons (Fsp3) is 0.600. The number of nitrogens with one attached hydrogen (secondary N) is 1. The Morgan fingerprint density at radius 3 is 2.57 bits per heavy atom. The second-order valence-electron chi connectivity index (χ2n) is 5.15. The summed E-state index contributed by atoms with van der Waals surface area (Å²) in [5.74, 6) is 0.619. The van der Waals surface area contributed by atoms with E-state index in [0.29, 0.717) is 5.75 Å². The lowest BCUT2D eigenvalue weighted by Gasteiger charge is -2.22. The maximum Gasteiger partial charge on any atom is 0.389 e. The van der Waals surface area contributed by atoms with Crippen molar-refractivity contribution >= 4 is 5.69 Å². The van der Waals surface area contributed by atoms with E-state index in [1.165, 1.54) is 0 Å². The molecule has 1 aliphatic rings. The molecular weight excluding hydrogens is 281 g/mol. The zero-order valence-electron chi connectivity index (χ0n) is 12.0. The maximum atomic E-state index is 12.0. The zero-order chi connectivity index (χ0) is 15.1. The Balaban J connectivity index is 1.78. The smallest absolute Gasteiger partial charge is 0.389 e. The van der Waals surface area contributed by atoms with E-state index in [0.717, 1.165) is 38.3 Å². The van der Waals surface area contributed by atoms with Gasteiger partial charge in [-0.25, -0.2) is 0 Å². The summed E-state index contributed by atoms with van der Waals surface area (Å²) in [6, 6.07) is 7.57. The van der Waals surface area contributed by atoms with E-state index >= 15 is 0 Å². The van der Waals surface area contributed by atoms with Gasteiger partial charge in [-0.2, -0.15) is 13.2 Å². The molecule has 1 heterocycles. The average molecular weight is 302 g/mol. The number of hydrogen-bond acceptors (Lipinski definition) is 3. The molecule has 3 nitrogen and oxygen atoms in total. The van der Waals surface area contributed by atoms with Crippen LogP contribution >= 0.6 is 0 Å². The Morgan fingerprint density at radius 2 is 1.86 bits per heavy atom. The van der Waals surface area contributed by atoms with Gasteiger partial charge in [0.1, 0.15) is 5.75 Å². The van der Waals surface area contributed by atoms with E-state index in [1.807, 2.05) is 24.3 Å². The number of halogens is 3. The highest BCUT2D eigenvalue weighted by molar-refractivity contribution is 5.49. The van der Waals surface area contributed by atoms with Gasteiger partial charge in [-0.3, -0.25) is 0 Å². The van der Waals surface area contributed by atoms with Crippen molar-refractivity contribution in [3.8, 4) is 5.75 Å². The van der Waals surface area contributed by atoms with Gasteiger partial charge in [0, 0.05) is 31.7 Å². The number of alkyl halides is 3. The summed E-state index contributed by atoms with van der Waals surface area (Å²) in [4.78, 5) is 2.30. The standard InChI is InChI=1S/C15H21F3N2O/c16-15(17,18)7-1-12-21-14-5-3-13(4-6-14)20-10-2-8-19-9-11-20/h3-6,19H,1-2,7-12H2. The predicted octanol–water partition coefficient (Wildman–Crippen LogP) is 3.21. The fourth-order valence-corrected chi connectivity index (χ4v) is 2.32. The number of hydrogen-bond donors (Lipinski definition) is 1. The highest BCUT2D eigenvalue weighted by Gasteiger charge is 2.26. The van der Waals surface area contributed by atoms with Crippen molar-refractivity contribution in [3.05, 3.63) is 24.3 Å². The van der Waals surface area contributed by atoms with Crippen LogP contribution in [0.15, 0.2) is 24.3 Å². The molecule has 0 spiro atoms. The third-order valence-electron chi connectivity index (χ3n) is 3.42. The molecular formula is C15H21F3N2O. The molecule has 1 aliphatic heterocycles. The van der Waals surface area contributed by atoms with Crippen molar-refractivity contribution in [2.24, 2.45) is 0 Å². The highest BCUT2D eigenvalue weighted by Crippen LogP contribution is 2.23. The lowest BCUT2D eigenvalue weighted by molar-refractivity contribution is -0.136. The molecule has 1 aromatic carbocycles. The van der Waals surface area contributed by atoms with E-state index in [9.17, 15) is 13.2 Å². The quantitative estimate of drug-likeness (QED) is 0.845. The molecule has 0 bridgehead atoms. The first-order chi connectivity index (χ1) is 10.0. The van der Waals surface area contributed by atoms with Crippen LogP contribution in [0.4, 0.5) is 18.9 Å². The molecule has 1 fully saturated rings. The van der Waals surface area contributed by atoms with E-state index in [1.54, 1.807) is 0 Å². The van der Waals surface area contributed by atoms with Crippen molar-refractivity contribution in [1.82, 2.24) is 5.32 Å². The van der Waals surface area contributed by atoms with Crippen LogP contribution in [0.5, 0.6) is 5.75 Å². The number of ether oxygens (including phenoxy) is 1. The molecule has 1 N–H and O–H groups in total. The third kappa shape index (κ3) is 5.83. The summed E-state index contributed by atoms with van der Waals surface area (Å²) in [5.41, 5.74) is 1.13. The van der Waals surface area contributed by atoms with Crippen molar-refractivity contribution in [2.75, 3.05) is 37.7 Å². The Morgan fingerprint density at radius 1 is 1.10 bits per heavy atom. The van der Waals surface area contributed by atoms with Crippen LogP contribution in [0.25, 0.3) is 0 Å². The number of benzene rings is 1. The monoisotopic (exact) mass is 302 g/mol. The normalized spacial score (nSPS) is 16.6. The van der Waals surface area contributed by atoms with Crippen LogP contribution in [0.1, 0.15) is 19.3 Å². The summed E-state index contributed by atoms with van der Waals surface area (Å²) < 4.78 is 41.4. The van der Waals surface area contributed by atoms with E-state index in [4.69, 9.17) is 4.74 Å². The highest BCUT2D eigenvalue weighted by atomic mass is 19.4. The average Bonchev–Trinajstić information content (AvgIpc) is 2.72. The van der Waals surface area contributed by atoms with Crippen molar-refractivity contribution in [1.29, 1.82) is 0 Å². The summed E-state index contributed by atoms with van der Waals surface area (Å²) in [6.07, 6.45) is -3.81. The molecule has 0 saturated carbocycles. The summed E-state index contributed by atoms with van der Waals surface area (Å²) >= 11 is 0. The molecule has 0 aromatic heterocycles. The van der Waals surface area contributed by atoms with Crippen LogP contribution in [0, 0.1) is 0 Å². The predicted molar refractivity (Wildman–Crippen MR) is 76.9 cm³/mol. The molecule has 6 heteroatoms. The molecule has 0 amide bonds. The molecule has 0 aliphatic carbocycles. The van der Waals surface area contributed by atoms with E-state index < -0.39 is 12.6 Å². The number of nitrogens with zero attached hydrogens (tertiary/aromatic N) is 1. The molecule has 118 valence electrons. The topological polar surface area (TPSA) is 24.5 Å². The van der Waals surface area contributed by atoms with Crippen LogP contribution in [-0.4, -0.2) is 39.0 Å². The minimum Gasteiger partial charge on any atom is -0.494 e. The number of anilines is 1. The van der Waals surface area contributed by atoms with Gasteiger partial charge in [0.15, 0.2) is 0 Å². The van der Waals surface area contributed by atoms with Crippen molar-refractivity contribution in [3.63, 3.8) is 0 Å². The zero-order valence-corrected chi connectivity index (χ0v) is 12.0. The van der Waals surface area contributed by atoms with Crippen molar-refractivity contribution in [2.45, 2.75) is 25.4 Å².